The molecule has 24 heavy (non-hydrogen) atoms. The van der Waals surface area contributed by atoms with Crippen molar-refractivity contribution in [3.05, 3.63) is 59.7 Å². The van der Waals surface area contributed by atoms with Crippen molar-refractivity contribution in [1.82, 2.24) is 9.97 Å². The topological polar surface area (TPSA) is 74.7 Å². The average molecular weight is 313 g/mol. The molecular formula is C20H15N3O. The van der Waals surface area contributed by atoms with Crippen molar-refractivity contribution in [3.63, 3.8) is 0 Å². The Morgan fingerprint density at radius 1 is 0.833 bits per heavy atom. The van der Waals surface area contributed by atoms with Crippen LogP contribution in [0.5, 0.6) is 0 Å². The van der Waals surface area contributed by atoms with Crippen molar-refractivity contribution in [2.24, 2.45) is 5.73 Å². The number of hydrogen-bond donors (Lipinski definition) is 3. The fourth-order valence-corrected chi connectivity index (χ4v) is 3.88. The third-order valence-electron chi connectivity index (χ3n) is 4.88. The number of fused-ring (bicyclic) bond motifs is 7. The Hall–Kier alpha value is -3.11. The SMILES string of the molecule is NCc1c(C=O)c2c3ccccc3[nH]c2c2[nH]c3ccccc3c12. The molecule has 116 valence electrons. The fraction of sp³-hybridized carbons (Fsp3) is 0.0500. The van der Waals surface area contributed by atoms with Crippen LogP contribution in [0.4, 0.5) is 0 Å². The van der Waals surface area contributed by atoms with Gasteiger partial charge in [0, 0.05) is 44.7 Å². The first-order valence-corrected chi connectivity index (χ1v) is 7.94. The Morgan fingerprint density at radius 3 is 1.96 bits per heavy atom. The number of para-hydroxylation sites is 2. The molecule has 4 N–H and O–H groups in total. The predicted molar refractivity (Wildman–Crippen MR) is 98.4 cm³/mol. The summed E-state index contributed by atoms with van der Waals surface area (Å²) in [6.07, 6.45) is 0.937. The average Bonchev–Trinajstić information content (AvgIpc) is 3.19. The van der Waals surface area contributed by atoms with Gasteiger partial charge in [-0.15, -0.1) is 0 Å². The van der Waals surface area contributed by atoms with E-state index in [0.29, 0.717) is 12.1 Å². The molecule has 5 rings (SSSR count). The molecule has 0 unspecified atom stereocenters. The molecule has 0 saturated carbocycles. The van der Waals surface area contributed by atoms with E-state index < -0.39 is 0 Å². The monoisotopic (exact) mass is 313 g/mol. The van der Waals surface area contributed by atoms with E-state index in [1.54, 1.807) is 0 Å². The number of nitrogens with two attached hydrogens (primary N) is 1. The molecule has 0 aliphatic heterocycles. The zero-order chi connectivity index (χ0) is 16.3. The maximum absolute atomic E-state index is 12.0. The third kappa shape index (κ3) is 1.53. The van der Waals surface area contributed by atoms with E-state index in [0.717, 1.165) is 55.5 Å². The first kappa shape index (κ1) is 13.3. The molecule has 2 aromatic heterocycles. The summed E-state index contributed by atoms with van der Waals surface area (Å²) in [5.41, 5.74) is 11.7. The van der Waals surface area contributed by atoms with Gasteiger partial charge in [0.25, 0.3) is 0 Å². The van der Waals surface area contributed by atoms with Crippen molar-refractivity contribution in [3.8, 4) is 0 Å². The van der Waals surface area contributed by atoms with Crippen molar-refractivity contribution in [1.29, 1.82) is 0 Å². The number of nitrogens with one attached hydrogen (secondary N) is 2. The second-order valence-electron chi connectivity index (χ2n) is 6.06. The molecule has 0 aliphatic carbocycles. The van der Waals surface area contributed by atoms with E-state index in [1.165, 1.54) is 0 Å². The molecule has 5 aromatic rings. The summed E-state index contributed by atoms with van der Waals surface area (Å²) < 4.78 is 0. The number of rotatable bonds is 2. The minimum atomic E-state index is 0.321. The number of carbonyl (C=O) groups is 1. The van der Waals surface area contributed by atoms with Gasteiger partial charge in [0.1, 0.15) is 0 Å². The molecule has 0 bridgehead atoms. The van der Waals surface area contributed by atoms with Gasteiger partial charge in [0.05, 0.1) is 11.0 Å². The second kappa shape index (κ2) is 4.69. The maximum Gasteiger partial charge on any atom is 0.151 e. The van der Waals surface area contributed by atoms with Crippen molar-refractivity contribution >= 4 is 49.9 Å². The van der Waals surface area contributed by atoms with Gasteiger partial charge in [-0.25, -0.2) is 0 Å². The van der Waals surface area contributed by atoms with E-state index >= 15 is 0 Å². The van der Waals surface area contributed by atoms with Gasteiger partial charge in [0.15, 0.2) is 6.29 Å². The van der Waals surface area contributed by atoms with Gasteiger partial charge in [-0.3, -0.25) is 4.79 Å². The molecule has 2 heterocycles. The van der Waals surface area contributed by atoms with Crippen molar-refractivity contribution < 1.29 is 4.79 Å². The van der Waals surface area contributed by atoms with Crippen molar-refractivity contribution in [2.75, 3.05) is 0 Å². The largest absolute Gasteiger partial charge is 0.353 e. The van der Waals surface area contributed by atoms with Gasteiger partial charge in [-0.2, -0.15) is 0 Å². The molecule has 0 radical (unpaired) electrons. The van der Waals surface area contributed by atoms with E-state index in [2.05, 4.69) is 16.0 Å². The zero-order valence-electron chi connectivity index (χ0n) is 12.9. The van der Waals surface area contributed by atoms with Gasteiger partial charge in [-0.1, -0.05) is 36.4 Å². The first-order chi connectivity index (χ1) is 11.8. The Kier molecular flexibility index (Phi) is 2.61. The number of hydrogen-bond acceptors (Lipinski definition) is 2. The van der Waals surface area contributed by atoms with Crippen LogP contribution in [0.2, 0.25) is 0 Å². The third-order valence-corrected chi connectivity index (χ3v) is 4.88. The molecule has 0 spiro atoms. The summed E-state index contributed by atoms with van der Waals surface area (Å²) in [5.74, 6) is 0. The maximum atomic E-state index is 12.0. The van der Waals surface area contributed by atoms with Gasteiger partial charge in [0.2, 0.25) is 0 Å². The molecular weight excluding hydrogens is 298 g/mol. The molecule has 4 heteroatoms. The van der Waals surface area contributed by atoms with Crippen LogP contribution in [0, 0.1) is 0 Å². The summed E-state index contributed by atoms with van der Waals surface area (Å²) in [4.78, 5) is 18.9. The number of aromatic amines is 2. The van der Waals surface area contributed by atoms with Crippen LogP contribution >= 0.6 is 0 Å². The summed E-state index contributed by atoms with van der Waals surface area (Å²) in [5, 5.41) is 4.12. The molecule has 3 aromatic carbocycles. The zero-order valence-corrected chi connectivity index (χ0v) is 12.9. The Labute approximate surface area is 137 Å². The minimum Gasteiger partial charge on any atom is -0.353 e. The van der Waals surface area contributed by atoms with Crippen LogP contribution in [0.3, 0.4) is 0 Å². The predicted octanol–water partition coefficient (Wildman–Crippen LogP) is 4.23. The first-order valence-electron chi connectivity index (χ1n) is 7.94. The Balaban J connectivity index is 2.18. The molecule has 0 saturated heterocycles. The Morgan fingerprint density at radius 2 is 1.38 bits per heavy atom. The van der Waals surface area contributed by atoms with Crippen LogP contribution in [-0.4, -0.2) is 16.3 Å². The summed E-state index contributed by atoms with van der Waals surface area (Å²) >= 11 is 0. The lowest BCUT2D eigenvalue weighted by molar-refractivity contribution is 0.112. The highest BCUT2D eigenvalue weighted by Crippen LogP contribution is 2.39. The van der Waals surface area contributed by atoms with Gasteiger partial charge < -0.3 is 15.7 Å². The number of aromatic nitrogens is 2. The minimum absolute atomic E-state index is 0.321. The molecule has 0 atom stereocenters. The molecule has 0 amide bonds. The summed E-state index contributed by atoms with van der Waals surface area (Å²) in [7, 11) is 0. The smallest absolute Gasteiger partial charge is 0.151 e. The number of carbonyl (C=O) groups excluding carboxylic acids is 1. The van der Waals surface area contributed by atoms with E-state index in [9.17, 15) is 4.79 Å². The van der Waals surface area contributed by atoms with Gasteiger partial charge >= 0.3 is 0 Å². The van der Waals surface area contributed by atoms with Crippen LogP contribution in [0.25, 0.3) is 43.6 Å². The Bertz CT molecular complexity index is 1260. The molecule has 0 aliphatic rings. The normalized spacial score (nSPS) is 11.9. The van der Waals surface area contributed by atoms with Gasteiger partial charge in [-0.05, 0) is 17.7 Å². The van der Waals surface area contributed by atoms with E-state index in [4.69, 9.17) is 5.73 Å². The lowest BCUT2D eigenvalue weighted by Crippen LogP contribution is -2.02. The molecule has 0 fully saturated rings. The highest BCUT2D eigenvalue weighted by molar-refractivity contribution is 6.27. The number of aldehydes is 1. The van der Waals surface area contributed by atoms with Crippen molar-refractivity contribution in [2.45, 2.75) is 6.54 Å². The second-order valence-corrected chi connectivity index (χ2v) is 6.06. The lowest BCUT2D eigenvalue weighted by atomic mass is 9.96. The standard InChI is InChI=1S/C20H15N3O/c21-9-13-14(10-24)18-12-6-2-4-8-16(12)23-20(18)19-17(13)11-5-1-3-7-15(11)22-19/h1-8,10,22-23H,9,21H2. The van der Waals surface area contributed by atoms with E-state index in [-0.39, 0.29) is 0 Å². The summed E-state index contributed by atoms with van der Waals surface area (Å²) in [6.45, 7) is 0.321. The number of H-pyrrole nitrogens is 2. The summed E-state index contributed by atoms with van der Waals surface area (Å²) in [6, 6.07) is 16.2. The highest BCUT2D eigenvalue weighted by Gasteiger charge is 2.20. The van der Waals surface area contributed by atoms with Crippen LogP contribution in [0.1, 0.15) is 15.9 Å². The fourth-order valence-electron chi connectivity index (χ4n) is 3.88. The number of benzene rings is 3. The quantitative estimate of drug-likeness (QED) is 0.427. The lowest BCUT2D eigenvalue weighted by Gasteiger charge is -2.08. The van der Waals surface area contributed by atoms with Crippen LogP contribution in [-0.2, 0) is 6.54 Å². The van der Waals surface area contributed by atoms with Crippen LogP contribution < -0.4 is 5.73 Å². The highest BCUT2D eigenvalue weighted by atomic mass is 16.1. The molecule has 4 nitrogen and oxygen atoms in total. The van der Waals surface area contributed by atoms with E-state index in [1.807, 2.05) is 42.5 Å². The van der Waals surface area contributed by atoms with Crippen LogP contribution in [0.15, 0.2) is 48.5 Å².